The van der Waals surface area contributed by atoms with Crippen LogP contribution in [0.3, 0.4) is 0 Å². The summed E-state index contributed by atoms with van der Waals surface area (Å²) in [5, 5.41) is 7.37. The average Bonchev–Trinajstić information content (AvgIpc) is 2.04. The smallest absolute Gasteiger partial charge is 0.166 e. The maximum Gasteiger partial charge on any atom is 0.166 e. The Balaban J connectivity index is 2.36. The van der Waals surface area contributed by atoms with Crippen molar-refractivity contribution in [3.05, 3.63) is 0 Å². The Morgan fingerprint density at radius 1 is 1.31 bits per heavy atom. The van der Waals surface area contributed by atoms with E-state index >= 15 is 0 Å². The van der Waals surface area contributed by atoms with Crippen molar-refractivity contribution < 1.29 is 0 Å². The molecule has 0 amide bonds. The van der Waals surface area contributed by atoms with Gasteiger partial charge in [-0.1, -0.05) is 19.3 Å². The van der Waals surface area contributed by atoms with Crippen LogP contribution in [0.15, 0.2) is 0 Å². The van der Waals surface area contributed by atoms with Gasteiger partial charge in [-0.3, -0.25) is 0 Å². The van der Waals surface area contributed by atoms with Crippen LogP contribution in [-0.4, -0.2) is 17.2 Å². The van der Waals surface area contributed by atoms with E-state index in [1.807, 2.05) is 0 Å². The second-order valence-corrected chi connectivity index (χ2v) is 4.51. The lowest BCUT2D eigenvalue weighted by Crippen LogP contribution is -2.50. The normalized spacial score (nSPS) is 20.8. The molecule has 0 unspecified atom stereocenters. The molecule has 1 aliphatic rings. The third-order valence-corrected chi connectivity index (χ3v) is 2.96. The molecule has 0 bridgehead atoms. The molecule has 0 heterocycles. The molecule has 76 valence electrons. The molecule has 0 aliphatic heterocycles. The third kappa shape index (κ3) is 3.51. The van der Waals surface area contributed by atoms with Gasteiger partial charge in [-0.05, 0) is 38.9 Å². The number of nitrogens with one attached hydrogen (secondary N) is 2. The first-order valence-electron chi connectivity index (χ1n) is 5.22. The summed E-state index contributed by atoms with van der Waals surface area (Å²) in [7, 11) is 0. The summed E-state index contributed by atoms with van der Waals surface area (Å²) in [6.45, 7) is 5.24. The number of hydrogen-bond acceptors (Lipinski definition) is 1. The molecule has 2 nitrogen and oxygen atoms in total. The minimum absolute atomic E-state index is 0.248. The van der Waals surface area contributed by atoms with Crippen molar-refractivity contribution in [3.63, 3.8) is 0 Å². The monoisotopic (exact) mass is 200 g/mol. The number of hydrogen-bond donors (Lipinski definition) is 2. The Morgan fingerprint density at radius 3 is 2.46 bits per heavy atom. The fourth-order valence-electron chi connectivity index (χ4n) is 1.94. The van der Waals surface area contributed by atoms with E-state index in [0.29, 0.717) is 0 Å². The molecule has 0 radical (unpaired) electrons. The summed E-state index contributed by atoms with van der Waals surface area (Å²) in [6, 6.07) is 0. The van der Waals surface area contributed by atoms with Crippen LogP contribution in [0.2, 0.25) is 0 Å². The summed E-state index contributed by atoms with van der Waals surface area (Å²) in [6.07, 6.45) is 6.54. The van der Waals surface area contributed by atoms with E-state index in [2.05, 4.69) is 24.5 Å². The zero-order valence-corrected chi connectivity index (χ0v) is 9.47. The molecule has 0 atom stereocenters. The maximum absolute atomic E-state index is 5.18. The van der Waals surface area contributed by atoms with E-state index < -0.39 is 0 Å². The second kappa shape index (κ2) is 4.80. The highest BCUT2D eigenvalue weighted by molar-refractivity contribution is 7.80. The number of thiocarbonyl (C=S) groups is 1. The van der Waals surface area contributed by atoms with Gasteiger partial charge in [0.25, 0.3) is 0 Å². The van der Waals surface area contributed by atoms with E-state index in [0.717, 1.165) is 11.7 Å². The minimum Gasteiger partial charge on any atom is -0.363 e. The quantitative estimate of drug-likeness (QED) is 0.668. The van der Waals surface area contributed by atoms with Crippen molar-refractivity contribution in [2.45, 2.75) is 51.5 Å². The molecule has 13 heavy (non-hydrogen) atoms. The predicted octanol–water partition coefficient (Wildman–Crippen LogP) is 2.19. The summed E-state index contributed by atoms with van der Waals surface area (Å²) in [4.78, 5) is 0. The maximum atomic E-state index is 5.18. The number of rotatable bonds is 2. The molecule has 0 aromatic rings. The van der Waals surface area contributed by atoms with Crippen molar-refractivity contribution in [1.29, 1.82) is 0 Å². The van der Waals surface area contributed by atoms with Crippen LogP contribution in [0.4, 0.5) is 0 Å². The molecule has 1 aliphatic carbocycles. The first kappa shape index (κ1) is 10.8. The van der Waals surface area contributed by atoms with Gasteiger partial charge in [-0.2, -0.15) is 0 Å². The lowest BCUT2D eigenvalue weighted by molar-refractivity contribution is 0.290. The van der Waals surface area contributed by atoms with Gasteiger partial charge in [-0.25, -0.2) is 0 Å². The zero-order valence-electron chi connectivity index (χ0n) is 8.65. The van der Waals surface area contributed by atoms with E-state index in [-0.39, 0.29) is 5.54 Å². The fourth-order valence-corrected chi connectivity index (χ4v) is 2.33. The van der Waals surface area contributed by atoms with Gasteiger partial charge >= 0.3 is 0 Å². The van der Waals surface area contributed by atoms with Crippen LogP contribution >= 0.6 is 12.2 Å². The first-order valence-corrected chi connectivity index (χ1v) is 5.63. The lowest BCUT2D eigenvalue weighted by Gasteiger charge is -2.35. The Bertz CT molecular complexity index is 174. The van der Waals surface area contributed by atoms with Crippen LogP contribution in [0.5, 0.6) is 0 Å². The predicted molar refractivity (Wildman–Crippen MR) is 60.9 cm³/mol. The van der Waals surface area contributed by atoms with Crippen LogP contribution < -0.4 is 10.6 Å². The molecule has 3 heteroatoms. The molecule has 0 aromatic heterocycles. The van der Waals surface area contributed by atoms with E-state index in [1.54, 1.807) is 0 Å². The van der Waals surface area contributed by atoms with Gasteiger partial charge in [0.15, 0.2) is 5.11 Å². The molecule has 1 fully saturated rings. The zero-order chi connectivity index (χ0) is 9.73. The van der Waals surface area contributed by atoms with Crippen LogP contribution in [-0.2, 0) is 0 Å². The second-order valence-electron chi connectivity index (χ2n) is 4.11. The highest BCUT2D eigenvalue weighted by atomic mass is 32.1. The van der Waals surface area contributed by atoms with E-state index in [4.69, 9.17) is 12.2 Å². The Labute approximate surface area is 86.5 Å². The standard InChI is InChI=1S/C10H20N2S/c1-3-11-9(13)12-10(2)7-5-4-6-8-10/h3-8H2,1-2H3,(H2,11,12,13). The van der Waals surface area contributed by atoms with Crippen LogP contribution in [0.25, 0.3) is 0 Å². The SMILES string of the molecule is CCNC(=S)NC1(C)CCCCC1. The van der Waals surface area contributed by atoms with Crippen LogP contribution in [0, 0.1) is 0 Å². The molecule has 2 N–H and O–H groups in total. The van der Waals surface area contributed by atoms with Gasteiger partial charge in [0.05, 0.1) is 0 Å². The van der Waals surface area contributed by atoms with Crippen molar-refractivity contribution >= 4 is 17.3 Å². The van der Waals surface area contributed by atoms with Crippen molar-refractivity contribution in [1.82, 2.24) is 10.6 Å². The largest absolute Gasteiger partial charge is 0.363 e. The van der Waals surface area contributed by atoms with Gasteiger partial charge in [0.1, 0.15) is 0 Å². The fraction of sp³-hybridized carbons (Fsp3) is 0.900. The highest BCUT2D eigenvalue weighted by Gasteiger charge is 2.26. The first-order chi connectivity index (χ1) is 6.16. The van der Waals surface area contributed by atoms with Crippen molar-refractivity contribution in [3.8, 4) is 0 Å². The summed E-state index contributed by atoms with van der Waals surface area (Å²) in [5.74, 6) is 0. The topological polar surface area (TPSA) is 24.1 Å². The van der Waals surface area contributed by atoms with Gasteiger partial charge in [0, 0.05) is 12.1 Å². The highest BCUT2D eigenvalue weighted by Crippen LogP contribution is 2.27. The molecular weight excluding hydrogens is 180 g/mol. The van der Waals surface area contributed by atoms with Gasteiger partial charge in [-0.15, -0.1) is 0 Å². The van der Waals surface area contributed by atoms with E-state index in [9.17, 15) is 0 Å². The Hall–Kier alpha value is -0.310. The lowest BCUT2D eigenvalue weighted by atomic mass is 9.83. The molecule has 0 spiro atoms. The third-order valence-electron chi connectivity index (χ3n) is 2.71. The molecule has 1 rings (SSSR count). The van der Waals surface area contributed by atoms with E-state index in [1.165, 1.54) is 32.1 Å². The Kier molecular flexibility index (Phi) is 3.97. The summed E-state index contributed by atoms with van der Waals surface area (Å²) in [5.41, 5.74) is 0.248. The Morgan fingerprint density at radius 2 is 1.92 bits per heavy atom. The molecule has 1 saturated carbocycles. The average molecular weight is 200 g/mol. The van der Waals surface area contributed by atoms with Crippen LogP contribution in [0.1, 0.15) is 46.0 Å². The summed E-state index contributed by atoms with van der Waals surface area (Å²) >= 11 is 5.18. The van der Waals surface area contributed by atoms with Gasteiger partial charge < -0.3 is 10.6 Å². The van der Waals surface area contributed by atoms with Gasteiger partial charge in [0.2, 0.25) is 0 Å². The summed E-state index contributed by atoms with van der Waals surface area (Å²) < 4.78 is 0. The minimum atomic E-state index is 0.248. The van der Waals surface area contributed by atoms with Crippen molar-refractivity contribution in [2.75, 3.05) is 6.54 Å². The molecular formula is C10H20N2S. The molecule has 0 aromatic carbocycles. The molecule has 0 saturated heterocycles. The van der Waals surface area contributed by atoms with Crippen molar-refractivity contribution in [2.24, 2.45) is 0 Å².